The van der Waals surface area contributed by atoms with E-state index in [2.05, 4.69) is 36.9 Å². The Hall–Kier alpha value is -1.81. The summed E-state index contributed by atoms with van der Waals surface area (Å²) in [5, 5.41) is 2.03. The van der Waals surface area contributed by atoms with E-state index in [0.29, 0.717) is 6.42 Å². The molecule has 22 heavy (non-hydrogen) atoms. The van der Waals surface area contributed by atoms with E-state index in [1.54, 1.807) is 11.3 Å². The molecule has 3 rings (SSSR count). The fourth-order valence-corrected chi connectivity index (χ4v) is 3.85. The molecule has 2 heterocycles. The number of aryl methyl sites for hydroxylation is 2. The van der Waals surface area contributed by atoms with Crippen molar-refractivity contribution in [1.29, 1.82) is 0 Å². The number of carbonyl (C=O) groups excluding carboxylic acids is 1. The van der Waals surface area contributed by atoms with E-state index in [1.807, 2.05) is 22.4 Å². The highest BCUT2D eigenvalue weighted by molar-refractivity contribution is 7.10. The molecule has 0 spiro atoms. The topological polar surface area (TPSA) is 23.6 Å². The molecule has 1 saturated heterocycles. The van der Waals surface area contributed by atoms with Crippen LogP contribution in [0, 0.1) is 13.8 Å². The molecule has 0 unspecified atom stereocenters. The summed E-state index contributed by atoms with van der Waals surface area (Å²) in [5.41, 5.74) is 3.98. The van der Waals surface area contributed by atoms with Crippen molar-refractivity contribution >= 4 is 22.9 Å². The molecule has 0 N–H and O–H groups in total. The first kappa shape index (κ1) is 15.1. The maximum atomic E-state index is 12.4. The monoisotopic (exact) mass is 314 g/mol. The highest BCUT2D eigenvalue weighted by Gasteiger charge is 2.23. The lowest BCUT2D eigenvalue weighted by Gasteiger charge is -2.37. The van der Waals surface area contributed by atoms with Crippen LogP contribution in [-0.4, -0.2) is 37.0 Å². The third-order valence-electron chi connectivity index (χ3n) is 4.29. The van der Waals surface area contributed by atoms with Gasteiger partial charge in [0.2, 0.25) is 5.91 Å². The average Bonchev–Trinajstić information content (AvgIpc) is 3.00. The van der Waals surface area contributed by atoms with Gasteiger partial charge in [-0.1, -0.05) is 24.3 Å². The number of piperazine rings is 1. The van der Waals surface area contributed by atoms with Crippen LogP contribution in [0.5, 0.6) is 0 Å². The summed E-state index contributed by atoms with van der Waals surface area (Å²) in [4.78, 5) is 17.9. The summed E-state index contributed by atoms with van der Waals surface area (Å²) in [6.07, 6.45) is 0.543. The molecule has 116 valence electrons. The van der Waals surface area contributed by atoms with E-state index in [4.69, 9.17) is 0 Å². The van der Waals surface area contributed by atoms with Gasteiger partial charge in [-0.05, 0) is 36.4 Å². The summed E-state index contributed by atoms with van der Waals surface area (Å²) in [5.74, 6) is 0.253. The normalized spacial score (nSPS) is 15.2. The Bertz CT molecular complexity index is 623. The average molecular weight is 314 g/mol. The van der Waals surface area contributed by atoms with Gasteiger partial charge in [0.25, 0.3) is 0 Å². The van der Waals surface area contributed by atoms with Crippen LogP contribution in [0.1, 0.15) is 16.0 Å². The van der Waals surface area contributed by atoms with Crippen LogP contribution in [0.15, 0.2) is 35.7 Å². The molecule has 2 aromatic rings. The van der Waals surface area contributed by atoms with Crippen LogP contribution in [0.4, 0.5) is 5.69 Å². The Morgan fingerprint density at radius 2 is 1.73 bits per heavy atom. The van der Waals surface area contributed by atoms with Crippen molar-refractivity contribution < 1.29 is 4.79 Å². The Morgan fingerprint density at radius 1 is 1.05 bits per heavy atom. The van der Waals surface area contributed by atoms with Gasteiger partial charge in [-0.3, -0.25) is 4.79 Å². The summed E-state index contributed by atoms with van der Waals surface area (Å²) in [6.45, 7) is 7.80. The number of thiophene rings is 1. The highest BCUT2D eigenvalue weighted by Crippen LogP contribution is 2.25. The van der Waals surface area contributed by atoms with E-state index in [-0.39, 0.29) is 5.91 Å². The zero-order chi connectivity index (χ0) is 15.5. The molecule has 1 aromatic carbocycles. The maximum Gasteiger partial charge on any atom is 0.227 e. The summed E-state index contributed by atoms with van der Waals surface area (Å²) in [6, 6.07) is 10.5. The molecular weight excluding hydrogens is 292 g/mol. The third kappa shape index (κ3) is 3.17. The number of carbonyl (C=O) groups is 1. The third-order valence-corrected chi connectivity index (χ3v) is 5.17. The van der Waals surface area contributed by atoms with Gasteiger partial charge in [0.15, 0.2) is 0 Å². The second-order valence-electron chi connectivity index (χ2n) is 5.86. The first-order chi connectivity index (χ1) is 10.6. The molecule has 4 heteroatoms. The van der Waals surface area contributed by atoms with Gasteiger partial charge in [0.1, 0.15) is 0 Å². The van der Waals surface area contributed by atoms with E-state index in [1.165, 1.54) is 16.8 Å². The van der Waals surface area contributed by atoms with Gasteiger partial charge >= 0.3 is 0 Å². The number of nitrogens with zero attached hydrogens (tertiary/aromatic N) is 2. The fraction of sp³-hybridized carbons (Fsp3) is 0.389. The first-order valence-electron chi connectivity index (χ1n) is 7.76. The molecular formula is C18H22N2OS. The van der Waals surface area contributed by atoms with Gasteiger partial charge in [-0.25, -0.2) is 0 Å². The molecule has 0 atom stereocenters. The summed E-state index contributed by atoms with van der Waals surface area (Å²) >= 11 is 1.66. The smallest absolute Gasteiger partial charge is 0.227 e. The van der Waals surface area contributed by atoms with Gasteiger partial charge in [-0.15, -0.1) is 11.3 Å². The number of anilines is 1. The summed E-state index contributed by atoms with van der Waals surface area (Å²) < 4.78 is 0. The lowest BCUT2D eigenvalue weighted by atomic mass is 10.1. The molecule has 0 aliphatic carbocycles. The molecule has 1 aliphatic rings. The molecule has 1 amide bonds. The molecule has 1 aliphatic heterocycles. The van der Waals surface area contributed by atoms with Crippen molar-refractivity contribution in [3.05, 3.63) is 51.7 Å². The van der Waals surface area contributed by atoms with E-state index >= 15 is 0 Å². The zero-order valence-corrected chi connectivity index (χ0v) is 14.0. The number of hydrogen-bond acceptors (Lipinski definition) is 3. The number of hydrogen-bond donors (Lipinski definition) is 0. The van der Waals surface area contributed by atoms with Crippen molar-refractivity contribution in [1.82, 2.24) is 4.90 Å². The van der Waals surface area contributed by atoms with Crippen molar-refractivity contribution in [2.45, 2.75) is 20.3 Å². The van der Waals surface area contributed by atoms with Crippen molar-refractivity contribution in [3.8, 4) is 0 Å². The fourth-order valence-electron chi connectivity index (χ4n) is 3.16. The van der Waals surface area contributed by atoms with Crippen LogP contribution in [-0.2, 0) is 11.2 Å². The number of rotatable bonds is 3. The molecule has 0 bridgehead atoms. The number of para-hydroxylation sites is 1. The number of benzene rings is 1. The Morgan fingerprint density at radius 3 is 2.32 bits per heavy atom. The van der Waals surface area contributed by atoms with Crippen molar-refractivity contribution in [2.24, 2.45) is 0 Å². The second kappa shape index (κ2) is 6.53. The number of amides is 1. The molecule has 0 saturated carbocycles. The highest BCUT2D eigenvalue weighted by atomic mass is 32.1. The minimum atomic E-state index is 0.253. The minimum absolute atomic E-state index is 0.253. The van der Waals surface area contributed by atoms with Crippen molar-refractivity contribution in [3.63, 3.8) is 0 Å². The van der Waals surface area contributed by atoms with Crippen LogP contribution < -0.4 is 4.90 Å². The Balaban J connectivity index is 1.62. The molecule has 0 radical (unpaired) electrons. The SMILES string of the molecule is Cc1cccc(C)c1N1CCN(C(=O)Cc2cccs2)CC1. The minimum Gasteiger partial charge on any atom is -0.368 e. The van der Waals surface area contributed by atoms with Gasteiger partial charge < -0.3 is 9.80 Å². The lowest BCUT2D eigenvalue weighted by Crippen LogP contribution is -2.49. The largest absolute Gasteiger partial charge is 0.368 e. The van der Waals surface area contributed by atoms with Crippen LogP contribution >= 0.6 is 11.3 Å². The van der Waals surface area contributed by atoms with Gasteiger partial charge in [0.05, 0.1) is 6.42 Å². The van der Waals surface area contributed by atoms with Crippen LogP contribution in [0.3, 0.4) is 0 Å². The molecule has 3 nitrogen and oxygen atoms in total. The van der Waals surface area contributed by atoms with E-state index in [9.17, 15) is 4.79 Å². The van der Waals surface area contributed by atoms with Crippen molar-refractivity contribution in [2.75, 3.05) is 31.1 Å². The van der Waals surface area contributed by atoms with Gasteiger partial charge in [0, 0.05) is 36.7 Å². The first-order valence-corrected chi connectivity index (χ1v) is 8.64. The molecule has 1 aromatic heterocycles. The Kier molecular flexibility index (Phi) is 4.48. The van der Waals surface area contributed by atoms with E-state index in [0.717, 1.165) is 31.1 Å². The van der Waals surface area contributed by atoms with E-state index < -0.39 is 0 Å². The maximum absolute atomic E-state index is 12.4. The zero-order valence-electron chi connectivity index (χ0n) is 13.2. The Labute approximate surface area is 136 Å². The predicted molar refractivity (Wildman–Crippen MR) is 92.7 cm³/mol. The predicted octanol–water partition coefficient (Wildman–Crippen LogP) is 3.26. The summed E-state index contributed by atoms with van der Waals surface area (Å²) in [7, 11) is 0. The van der Waals surface area contributed by atoms with Crippen LogP contribution in [0.25, 0.3) is 0 Å². The standard InChI is InChI=1S/C18H22N2OS/c1-14-5-3-6-15(2)18(14)20-10-8-19(9-11-20)17(21)13-16-7-4-12-22-16/h3-7,12H,8-11,13H2,1-2H3. The molecule has 1 fully saturated rings. The quantitative estimate of drug-likeness (QED) is 0.868. The van der Waals surface area contributed by atoms with Gasteiger partial charge in [-0.2, -0.15) is 0 Å². The second-order valence-corrected chi connectivity index (χ2v) is 6.90. The lowest BCUT2D eigenvalue weighted by molar-refractivity contribution is -0.130. The van der Waals surface area contributed by atoms with Crippen LogP contribution in [0.2, 0.25) is 0 Å².